The predicted molar refractivity (Wildman–Crippen MR) is 123 cm³/mol. The third kappa shape index (κ3) is 4.77. The van der Waals surface area contributed by atoms with Crippen LogP contribution in [0.3, 0.4) is 0 Å². The summed E-state index contributed by atoms with van der Waals surface area (Å²) in [7, 11) is 0. The Kier molecular flexibility index (Phi) is 7.04. The molecule has 0 fully saturated rings. The number of hydrogen-bond acceptors (Lipinski definition) is 5. The highest BCUT2D eigenvalue weighted by molar-refractivity contribution is 5.94. The van der Waals surface area contributed by atoms with Crippen molar-refractivity contribution in [1.29, 1.82) is 0 Å². The van der Waals surface area contributed by atoms with Crippen LogP contribution in [0.2, 0.25) is 0 Å². The van der Waals surface area contributed by atoms with Crippen molar-refractivity contribution in [3.05, 3.63) is 59.5 Å². The minimum atomic E-state index is -0.135. The summed E-state index contributed by atoms with van der Waals surface area (Å²) in [5, 5.41) is 7.92. The fourth-order valence-electron chi connectivity index (χ4n) is 4.17. The topological polar surface area (TPSA) is 78.3 Å². The zero-order valence-electron chi connectivity index (χ0n) is 18.8. The molecule has 2 aromatic heterocycles. The van der Waals surface area contributed by atoms with Crippen LogP contribution < -0.4 is 14.8 Å². The summed E-state index contributed by atoms with van der Waals surface area (Å²) in [5.41, 5.74) is 5.32. The summed E-state index contributed by atoms with van der Waals surface area (Å²) in [6, 6.07) is 9.30. The van der Waals surface area contributed by atoms with E-state index in [-0.39, 0.29) is 5.91 Å². The maximum atomic E-state index is 12.7. The average Bonchev–Trinajstić information content (AvgIpc) is 3.20. The molecule has 1 N–H and O–H groups in total. The van der Waals surface area contributed by atoms with Crippen LogP contribution in [0.15, 0.2) is 42.7 Å². The zero-order valence-corrected chi connectivity index (χ0v) is 18.8. The minimum Gasteiger partial charge on any atom is -0.490 e. The minimum absolute atomic E-state index is 0.135. The molecule has 32 heavy (non-hydrogen) atoms. The molecule has 0 spiro atoms. The number of nitrogens with zero attached hydrogens (tertiary/aromatic N) is 3. The number of fused-ring (bicyclic) bond motifs is 1. The van der Waals surface area contributed by atoms with E-state index >= 15 is 0 Å². The van der Waals surface area contributed by atoms with Gasteiger partial charge >= 0.3 is 0 Å². The molecule has 2 heterocycles. The average molecular weight is 435 g/mol. The zero-order chi connectivity index (χ0) is 22.3. The molecule has 7 heteroatoms. The summed E-state index contributed by atoms with van der Waals surface area (Å²) in [6.07, 6.45) is 8.04. The Morgan fingerprint density at radius 2 is 1.78 bits per heavy atom. The van der Waals surface area contributed by atoms with Crippen LogP contribution in [0.25, 0.3) is 11.3 Å². The first kappa shape index (κ1) is 21.9. The SMILES string of the molecule is CCOc1ccc(C(=O)NCCn2nc(-c3ccncc3)c3c2CCCC3)cc1OCC. The molecule has 1 aromatic carbocycles. The van der Waals surface area contributed by atoms with E-state index in [0.717, 1.165) is 24.1 Å². The maximum absolute atomic E-state index is 12.7. The molecule has 0 saturated heterocycles. The molecule has 0 saturated carbocycles. The fraction of sp³-hybridized carbons (Fsp3) is 0.400. The van der Waals surface area contributed by atoms with Crippen molar-refractivity contribution >= 4 is 5.91 Å². The van der Waals surface area contributed by atoms with Gasteiger partial charge in [0.25, 0.3) is 5.91 Å². The van der Waals surface area contributed by atoms with Gasteiger partial charge in [0.15, 0.2) is 11.5 Å². The van der Waals surface area contributed by atoms with Crippen molar-refractivity contribution in [3.8, 4) is 22.8 Å². The molecule has 0 radical (unpaired) electrons. The number of ether oxygens (including phenoxy) is 2. The van der Waals surface area contributed by atoms with Gasteiger partial charge in [-0.25, -0.2) is 0 Å². The van der Waals surface area contributed by atoms with Crippen molar-refractivity contribution in [2.75, 3.05) is 19.8 Å². The molecular weight excluding hydrogens is 404 g/mol. The number of benzene rings is 1. The van der Waals surface area contributed by atoms with Crippen molar-refractivity contribution in [1.82, 2.24) is 20.1 Å². The first-order chi connectivity index (χ1) is 15.7. The summed E-state index contributed by atoms with van der Waals surface area (Å²) < 4.78 is 13.3. The van der Waals surface area contributed by atoms with Crippen molar-refractivity contribution in [2.45, 2.75) is 46.1 Å². The Morgan fingerprint density at radius 1 is 1.03 bits per heavy atom. The van der Waals surface area contributed by atoms with Gasteiger partial charge in [0.2, 0.25) is 0 Å². The van der Waals surface area contributed by atoms with E-state index < -0.39 is 0 Å². The molecule has 1 amide bonds. The van der Waals surface area contributed by atoms with Gasteiger partial charge in [-0.15, -0.1) is 0 Å². The largest absolute Gasteiger partial charge is 0.490 e. The van der Waals surface area contributed by atoms with Crippen molar-refractivity contribution in [2.24, 2.45) is 0 Å². The Morgan fingerprint density at radius 3 is 2.56 bits per heavy atom. The quantitative estimate of drug-likeness (QED) is 0.550. The highest BCUT2D eigenvalue weighted by Crippen LogP contribution is 2.31. The third-order valence-electron chi connectivity index (χ3n) is 5.63. The van der Waals surface area contributed by atoms with Gasteiger partial charge in [-0.2, -0.15) is 5.10 Å². The molecule has 0 unspecified atom stereocenters. The predicted octanol–water partition coefficient (Wildman–Crippen LogP) is 4.05. The van der Waals surface area contributed by atoms with Gasteiger partial charge in [-0.1, -0.05) is 0 Å². The lowest BCUT2D eigenvalue weighted by Gasteiger charge is -2.15. The fourth-order valence-corrected chi connectivity index (χ4v) is 4.17. The van der Waals surface area contributed by atoms with Crippen LogP contribution in [-0.2, 0) is 19.4 Å². The van der Waals surface area contributed by atoms with Crippen LogP contribution in [0.5, 0.6) is 11.5 Å². The molecule has 7 nitrogen and oxygen atoms in total. The molecular formula is C25H30N4O3. The van der Waals surface area contributed by atoms with Gasteiger partial charge in [0.1, 0.15) is 0 Å². The molecule has 0 aliphatic heterocycles. The smallest absolute Gasteiger partial charge is 0.251 e. The van der Waals surface area contributed by atoms with E-state index in [0.29, 0.717) is 43.4 Å². The molecule has 3 aromatic rings. The Hall–Kier alpha value is -3.35. The summed E-state index contributed by atoms with van der Waals surface area (Å²) in [6.45, 7) is 6.02. The normalized spacial score (nSPS) is 12.8. The summed E-state index contributed by atoms with van der Waals surface area (Å²) in [4.78, 5) is 16.9. The van der Waals surface area contributed by atoms with Crippen LogP contribution in [0.1, 0.15) is 48.3 Å². The van der Waals surface area contributed by atoms with E-state index in [1.165, 1.54) is 24.1 Å². The highest BCUT2D eigenvalue weighted by atomic mass is 16.5. The summed E-state index contributed by atoms with van der Waals surface area (Å²) >= 11 is 0. The van der Waals surface area contributed by atoms with E-state index in [1.54, 1.807) is 30.6 Å². The number of amides is 1. The second-order valence-corrected chi connectivity index (χ2v) is 7.72. The first-order valence-electron chi connectivity index (χ1n) is 11.4. The first-order valence-corrected chi connectivity index (χ1v) is 11.4. The maximum Gasteiger partial charge on any atom is 0.251 e. The molecule has 0 bridgehead atoms. The van der Waals surface area contributed by atoms with E-state index in [2.05, 4.69) is 15.0 Å². The van der Waals surface area contributed by atoms with Gasteiger partial charge in [-0.05, 0) is 69.9 Å². The molecule has 0 atom stereocenters. The van der Waals surface area contributed by atoms with Gasteiger partial charge in [-0.3, -0.25) is 14.5 Å². The second-order valence-electron chi connectivity index (χ2n) is 7.72. The van der Waals surface area contributed by atoms with Crippen LogP contribution in [-0.4, -0.2) is 40.4 Å². The van der Waals surface area contributed by atoms with Gasteiger partial charge < -0.3 is 14.8 Å². The van der Waals surface area contributed by atoms with Crippen LogP contribution >= 0.6 is 0 Å². The second kappa shape index (κ2) is 10.3. The lowest BCUT2D eigenvalue weighted by atomic mass is 9.94. The van der Waals surface area contributed by atoms with E-state index in [4.69, 9.17) is 14.6 Å². The molecule has 1 aliphatic carbocycles. The van der Waals surface area contributed by atoms with E-state index in [9.17, 15) is 4.79 Å². The Labute approximate surface area is 188 Å². The number of aromatic nitrogens is 3. The lowest BCUT2D eigenvalue weighted by Crippen LogP contribution is -2.28. The number of carbonyl (C=O) groups is 1. The molecule has 168 valence electrons. The number of carbonyl (C=O) groups excluding carboxylic acids is 1. The van der Waals surface area contributed by atoms with E-state index in [1.807, 2.05) is 26.0 Å². The summed E-state index contributed by atoms with van der Waals surface area (Å²) in [5.74, 6) is 1.10. The number of nitrogens with one attached hydrogen (secondary N) is 1. The van der Waals surface area contributed by atoms with Gasteiger partial charge in [0, 0.05) is 41.3 Å². The van der Waals surface area contributed by atoms with Gasteiger partial charge in [0.05, 0.1) is 25.5 Å². The molecule has 4 rings (SSSR count). The lowest BCUT2D eigenvalue weighted by molar-refractivity contribution is 0.0951. The number of rotatable bonds is 9. The molecule has 1 aliphatic rings. The standard InChI is InChI=1S/C25H30N4O3/c1-3-31-22-10-9-19(17-23(22)32-4-2)25(30)27-15-16-29-21-8-6-5-7-20(21)24(28-29)18-11-13-26-14-12-18/h9-14,17H,3-8,15-16H2,1-2H3,(H,27,30). The Bertz CT molecular complexity index is 1060. The number of hydrogen-bond donors (Lipinski definition) is 1. The Balaban J connectivity index is 1.45. The van der Waals surface area contributed by atoms with Crippen molar-refractivity contribution < 1.29 is 14.3 Å². The van der Waals surface area contributed by atoms with Crippen LogP contribution in [0.4, 0.5) is 0 Å². The van der Waals surface area contributed by atoms with Crippen LogP contribution in [0, 0.1) is 0 Å². The number of pyridine rings is 1. The third-order valence-corrected chi connectivity index (χ3v) is 5.63. The van der Waals surface area contributed by atoms with Crippen molar-refractivity contribution in [3.63, 3.8) is 0 Å². The highest BCUT2D eigenvalue weighted by Gasteiger charge is 2.21. The monoisotopic (exact) mass is 434 g/mol.